The van der Waals surface area contributed by atoms with Crippen molar-refractivity contribution in [3.05, 3.63) is 33.8 Å². The molecule has 0 radical (unpaired) electrons. The van der Waals surface area contributed by atoms with Crippen molar-refractivity contribution in [3.8, 4) is 0 Å². The summed E-state index contributed by atoms with van der Waals surface area (Å²) < 4.78 is 26.3. The van der Waals surface area contributed by atoms with E-state index < -0.39 is 15.4 Å². The molecule has 0 bridgehead atoms. The van der Waals surface area contributed by atoms with Crippen molar-refractivity contribution in [1.29, 1.82) is 0 Å². The van der Waals surface area contributed by atoms with Crippen LogP contribution in [0.2, 0.25) is 10.0 Å². The monoisotopic (exact) mass is 337 g/mol. The van der Waals surface area contributed by atoms with Gasteiger partial charge in [0.2, 0.25) is 10.0 Å². The Kier molecular flexibility index (Phi) is 6.32. The molecule has 0 aliphatic heterocycles. The van der Waals surface area contributed by atoms with Gasteiger partial charge >= 0.3 is 0 Å². The van der Waals surface area contributed by atoms with Gasteiger partial charge in [-0.05, 0) is 24.1 Å². The lowest BCUT2D eigenvalue weighted by atomic mass is 9.85. The molecule has 6 heteroatoms. The van der Waals surface area contributed by atoms with E-state index in [9.17, 15) is 8.42 Å². The van der Waals surface area contributed by atoms with Crippen LogP contribution in [0.3, 0.4) is 0 Å². The molecule has 0 aliphatic carbocycles. The minimum Gasteiger partial charge on any atom is -0.214 e. The van der Waals surface area contributed by atoms with E-state index in [2.05, 4.69) is 4.72 Å². The van der Waals surface area contributed by atoms with Crippen LogP contribution in [0.1, 0.15) is 39.2 Å². The molecule has 0 spiro atoms. The van der Waals surface area contributed by atoms with E-state index >= 15 is 0 Å². The highest BCUT2D eigenvalue weighted by Crippen LogP contribution is 2.31. The number of unbranched alkanes of at least 4 members (excludes halogenated alkanes) is 1. The Balaban J connectivity index is 2.79. The fourth-order valence-corrected chi connectivity index (χ4v) is 3.89. The van der Waals surface area contributed by atoms with E-state index in [1.54, 1.807) is 12.1 Å². The summed E-state index contributed by atoms with van der Waals surface area (Å²) in [6.45, 7) is 6.17. The minimum absolute atomic E-state index is 0.161. The normalized spacial score (nSPS) is 12.7. The first kappa shape index (κ1) is 17.8. The molecule has 1 aromatic carbocycles. The van der Waals surface area contributed by atoms with Crippen LogP contribution in [0.15, 0.2) is 18.2 Å². The molecule has 0 fully saturated rings. The van der Waals surface area contributed by atoms with Crippen molar-refractivity contribution in [2.45, 2.75) is 39.0 Å². The summed E-state index contributed by atoms with van der Waals surface area (Å²) in [7, 11) is -3.23. The number of sulfonamides is 1. The van der Waals surface area contributed by atoms with Gasteiger partial charge in [0.15, 0.2) is 0 Å². The maximum Gasteiger partial charge on any atom is 0.211 e. The van der Waals surface area contributed by atoms with Crippen molar-refractivity contribution < 1.29 is 8.42 Å². The second-order valence-corrected chi connectivity index (χ2v) is 8.27. The van der Waals surface area contributed by atoms with E-state index in [0.717, 1.165) is 12.0 Å². The number of rotatable bonds is 7. The third-order valence-corrected chi connectivity index (χ3v) is 5.12. The fourth-order valence-electron chi connectivity index (χ4n) is 1.83. The first-order valence-electron chi connectivity index (χ1n) is 6.61. The summed E-state index contributed by atoms with van der Waals surface area (Å²) in [5, 5.41) is 1.12. The summed E-state index contributed by atoms with van der Waals surface area (Å²) in [5.41, 5.74) is 0.475. The van der Waals surface area contributed by atoms with Gasteiger partial charge in [0.05, 0.1) is 5.75 Å². The lowest BCUT2D eigenvalue weighted by Gasteiger charge is -2.26. The smallest absolute Gasteiger partial charge is 0.211 e. The second-order valence-electron chi connectivity index (χ2n) is 5.50. The molecule has 0 heterocycles. The van der Waals surface area contributed by atoms with Crippen LogP contribution in [0.25, 0.3) is 0 Å². The first-order valence-corrected chi connectivity index (χ1v) is 9.01. The van der Waals surface area contributed by atoms with Crippen LogP contribution in [-0.2, 0) is 15.4 Å². The van der Waals surface area contributed by atoms with E-state index in [1.807, 2.05) is 26.8 Å². The quantitative estimate of drug-likeness (QED) is 0.817. The summed E-state index contributed by atoms with van der Waals surface area (Å²) in [6, 6.07) is 5.27. The molecular weight excluding hydrogens is 317 g/mol. The van der Waals surface area contributed by atoms with Gasteiger partial charge < -0.3 is 0 Å². The number of halogens is 2. The van der Waals surface area contributed by atoms with Crippen molar-refractivity contribution in [2.75, 3.05) is 12.3 Å². The Morgan fingerprint density at radius 3 is 2.45 bits per heavy atom. The largest absolute Gasteiger partial charge is 0.214 e. The van der Waals surface area contributed by atoms with Crippen molar-refractivity contribution in [3.63, 3.8) is 0 Å². The minimum atomic E-state index is -3.23. The molecule has 1 rings (SSSR count). The van der Waals surface area contributed by atoms with Gasteiger partial charge in [-0.2, -0.15) is 0 Å². The fraction of sp³-hybridized carbons (Fsp3) is 0.571. The molecule has 0 aromatic heterocycles. The Labute approximate surface area is 131 Å². The van der Waals surface area contributed by atoms with Crippen LogP contribution in [-0.4, -0.2) is 20.7 Å². The summed E-state index contributed by atoms with van der Waals surface area (Å²) in [6.07, 6.45) is 1.52. The highest BCUT2D eigenvalue weighted by molar-refractivity contribution is 7.89. The third-order valence-electron chi connectivity index (χ3n) is 3.16. The molecular formula is C14H21Cl2NO2S. The Morgan fingerprint density at radius 2 is 1.90 bits per heavy atom. The molecule has 0 amide bonds. The molecule has 0 atom stereocenters. The number of hydrogen-bond donors (Lipinski definition) is 1. The zero-order valence-electron chi connectivity index (χ0n) is 12.0. The van der Waals surface area contributed by atoms with Gasteiger partial charge in [-0.1, -0.05) is 56.5 Å². The van der Waals surface area contributed by atoms with E-state index in [-0.39, 0.29) is 5.75 Å². The Bertz CT molecular complexity index is 556. The summed E-state index contributed by atoms with van der Waals surface area (Å²) >= 11 is 12.1. The highest BCUT2D eigenvalue weighted by Gasteiger charge is 2.25. The number of benzene rings is 1. The Hall–Kier alpha value is -0.290. The molecule has 1 aromatic rings. The topological polar surface area (TPSA) is 46.2 Å². The van der Waals surface area contributed by atoms with E-state index in [4.69, 9.17) is 23.2 Å². The van der Waals surface area contributed by atoms with Crippen LogP contribution >= 0.6 is 23.2 Å². The molecule has 1 N–H and O–H groups in total. The maximum absolute atomic E-state index is 11.8. The molecule has 0 aliphatic rings. The first-order chi connectivity index (χ1) is 9.18. The standard InChI is InChI=1S/C14H21Cl2NO2S/c1-4-5-8-20(18,19)17-10-14(2,3)12-7-6-11(15)9-13(12)16/h6-7,9,17H,4-5,8,10H2,1-3H3. The van der Waals surface area contributed by atoms with Gasteiger partial charge in [-0.3, -0.25) is 0 Å². The third kappa shape index (κ3) is 5.24. The van der Waals surface area contributed by atoms with Crippen LogP contribution in [0, 0.1) is 0 Å². The summed E-state index contributed by atoms with van der Waals surface area (Å²) in [4.78, 5) is 0. The number of hydrogen-bond acceptors (Lipinski definition) is 2. The number of nitrogens with one attached hydrogen (secondary N) is 1. The zero-order valence-corrected chi connectivity index (χ0v) is 14.4. The summed E-state index contributed by atoms with van der Waals surface area (Å²) in [5.74, 6) is 0.161. The van der Waals surface area contributed by atoms with Gasteiger partial charge in [-0.25, -0.2) is 13.1 Å². The maximum atomic E-state index is 11.8. The zero-order chi connectivity index (χ0) is 15.4. The van der Waals surface area contributed by atoms with Crippen LogP contribution in [0.4, 0.5) is 0 Å². The van der Waals surface area contributed by atoms with Gasteiger partial charge in [0, 0.05) is 22.0 Å². The van der Waals surface area contributed by atoms with Gasteiger partial charge in [0.1, 0.15) is 0 Å². The second kappa shape index (κ2) is 7.12. The van der Waals surface area contributed by atoms with Crippen molar-refractivity contribution in [2.24, 2.45) is 0 Å². The molecule has 114 valence electrons. The van der Waals surface area contributed by atoms with Crippen LogP contribution < -0.4 is 4.72 Å². The lowest BCUT2D eigenvalue weighted by molar-refractivity contribution is 0.501. The van der Waals surface area contributed by atoms with E-state index in [0.29, 0.717) is 23.0 Å². The molecule has 0 unspecified atom stereocenters. The van der Waals surface area contributed by atoms with Crippen LogP contribution in [0.5, 0.6) is 0 Å². The average molecular weight is 338 g/mol. The van der Waals surface area contributed by atoms with E-state index in [1.165, 1.54) is 0 Å². The molecule has 0 saturated heterocycles. The highest BCUT2D eigenvalue weighted by atomic mass is 35.5. The molecule has 20 heavy (non-hydrogen) atoms. The Morgan fingerprint density at radius 1 is 1.25 bits per heavy atom. The van der Waals surface area contributed by atoms with Gasteiger partial charge in [-0.15, -0.1) is 0 Å². The van der Waals surface area contributed by atoms with Gasteiger partial charge in [0.25, 0.3) is 0 Å². The molecule has 3 nitrogen and oxygen atoms in total. The SMILES string of the molecule is CCCCS(=O)(=O)NCC(C)(C)c1ccc(Cl)cc1Cl. The average Bonchev–Trinajstić information content (AvgIpc) is 2.34. The lowest BCUT2D eigenvalue weighted by Crippen LogP contribution is -2.38. The van der Waals surface area contributed by atoms with Crippen molar-refractivity contribution in [1.82, 2.24) is 4.72 Å². The predicted molar refractivity (Wildman–Crippen MR) is 86.2 cm³/mol. The van der Waals surface area contributed by atoms with Crippen molar-refractivity contribution >= 4 is 33.2 Å². The predicted octanol–water partition coefficient (Wildman–Crippen LogP) is 3.99. The molecule has 0 saturated carbocycles.